The first kappa shape index (κ1) is 50.6. The highest BCUT2D eigenvalue weighted by Crippen LogP contribution is 2.35. The Morgan fingerprint density at radius 3 is 1.69 bits per heavy atom. The van der Waals surface area contributed by atoms with Crippen LogP contribution in [-0.2, 0) is 35.2 Å². The lowest BCUT2D eigenvalue weighted by Gasteiger charge is -2.24. The number of methoxy groups -OCH3 is 2. The average Bonchev–Trinajstić information content (AvgIpc) is 3.62. The van der Waals surface area contributed by atoms with Crippen LogP contribution in [0.5, 0.6) is 0 Å². The molecule has 2 aromatic carbocycles. The molecular weight excluding hydrogens is 958 g/mol. The molecule has 2 aliphatic carbocycles. The van der Waals surface area contributed by atoms with E-state index in [1.165, 1.54) is 59.6 Å². The van der Waals surface area contributed by atoms with Gasteiger partial charge < -0.3 is 25.5 Å². The molecule has 8 rings (SSSR count). The summed E-state index contributed by atoms with van der Waals surface area (Å²) < 4.78 is 37.8. The summed E-state index contributed by atoms with van der Waals surface area (Å²) in [4.78, 5) is 42.0. The van der Waals surface area contributed by atoms with E-state index in [0.29, 0.717) is 52.9 Å². The second kappa shape index (κ2) is 23.7. The number of amides is 2. The number of hydrogen-bond donors (Lipinski definition) is 6. The highest BCUT2D eigenvalue weighted by molar-refractivity contribution is 7.80. The van der Waals surface area contributed by atoms with Crippen LogP contribution in [0.25, 0.3) is 0 Å². The van der Waals surface area contributed by atoms with Crippen molar-refractivity contribution in [3.63, 3.8) is 0 Å². The minimum absolute atomic E-state index is 0.116. The molecule has 0 aliphatic heterocycles. The summed E-state index contributed by atoms with van der Waals surface area (Å²) in [7, 11) is 5.68. The van der Waals surface area contributed by atoms with Crippen LogP contribution in [-0.4, -0.2) is 71.0 Å². The highest BCUT2D eigenvalue weighted by Gasteiger charge is 2.27. The van der Waals surface area contributed by atoms with Gasteiger partial charge in [0, 0.05) is 50.0 Å². The molecule has 354 valence electrons. The van der Waals surface area contributed by atoms with E-state index in [2.05, 4.69) is 56.3 Å². The Morgan fingerprint density at radius 1 is 0.735 bits per heavy atom. The number of thiocarbonyl (C=S) groups is 2. The van der Waals surface area contributed by atoms with Crippen molar-refractivity contribution in [3.8, 4) is 0 Å². The van der Waals surface area contributed by atoms with Gasteiger partial charge in [-0.15, -0.1) is 0 Å². The third-order valence-corrected chi connectivity index (χ3v) is 11.9. The van der Waals surface area contributed by atoms with Crippen LogP contribution in [0.15, 0.2) is 97.8 Å². The van der Waals surface area contributed by atoms with Gasteiger partial charge >= 0.3 is 12.2 Å². The van der Waals surface area contributed by atoms with E-state index in [1.807, 2.05) is 30.5 Å². The number of halogens is 4. The second-order valence-corrected chi connectivity index (χ2v) is 16.3. The number of nitrogens with zero attached hydrogens (tertiary/aromatic N) is 6. The normalized spacial score (nSPS) is 14.0. The third-order valence-electron chi connectivity index (χ3n) is 11.0. The van der Waals surface area contributed by atoms with Crippen molar-refractivity contribution < 1.29 is 27.8 Å². The van der Waals surface area contributed by atoms with Gasteiger partial charge in [0.2, 0.25) is 0 Å². The first-order valence-corrected chi connectivity index (χ1v) is 22.3. The molecule has 6 aromatic rings. The van der Waals surface area contributed by atoms with Crippen LogP contribution in [0.3, 0.4) is 0 Å². The van der Waals surface area contributed by atoms with E-state index >= 15 is 0 Å². The highest BCUT2D eigenvalue weighted by atomic mass is 35.5. The van der Waals surface area contributed by atoms with Gasteiger partial charge in [0.1, 0.15) is 11.6 Å². The van der Waals surface area contributed by atoms with Gasteiger partial charge in [-0.05, 0) is 108 Å². The van der Waals surface area contributed by atoms with Gasteiger partial charge in [0.15, 0.2) is 16.7 Å². The molecule has 7 N–H and O–H groups in total. The number of rotatable bonds is 8. The number of hydrogen-bond acceptors (Lipinski definition) is 13. The zero-order chi connectivity index (χ0) is 48.9. The summed E-state index contributed by atoms with van der Waals surface area (Å²) in [6.45, 7) is 0. The summed E-state index contributed by atoms with van der Waals surface area (Å²) in [5, 5.41) is 7.24. The van der Waals surface area contributed by atoms with Gasteiger partial charge in [-0.1, -0.05) is 59.7 Å². The number of aryl methyl sites for hydroxylation is 2. The largest absolute Gasteiger partial charge is 0.452 e. The predicted molar refractivity (Wildman–Crippen MR) is 267 cm³/mol. The summed E-state index contributed by atoms with van der Waals surface area (Å²) in [6.07, 6.45) is 11.8. The summed E-state index contributed by atoms with van der Waals surface area (Å²) in [5.41, 5.74) is 18.0. The van der Waals surface area contributed by atoms with E-state index < -0.39 is 18.2 Å². The first-order valence-electron chi connectivity index (χ1n) is 20.6. The van der Waals surface area contributed by atoms with Crippen molar-refractivity contribution >= 4 is 93.4 Å². The predicted octanol–water partition coefficient (Wildman–Crippen LogP) is 8.33. The van der Waals surface area contributed by atoms with Crippen molar-refractivity contribution in [1.82, 2.24) is 36.0 Å². The number of aromatic nitrogens is 4. The van der Waals surface area contributed by atoms with Crippen LogP contribution >= 0.6 is 47.6 Å². The lowest BCUT2D eigenvalue weighted by Crippen LogP contribution is -2.41. The minimum atomic E-state index is -0.544. The maximum atomic E-state index is 14.6. The van der Waals surface area contributed by atoms with Gasteiger partial charge in [0.25, 0.3) is 0 Å². The van der Waals surface area contributed by atoms with E-state index in [0.717, 1.165) is 39.8 Å². The number of nitrogens with one attached hydrogen (secondary N) is 5. The molecule has 0 fully saturated rings. The molecule has 22 heteroatoms. The molecule has 0 bridgehead atoms. The number of benzene rings is 2. The van der Waals surface area contributed by atoms with Crippen LogP contribution in [0, 0.1) is 11.6 Å². The molecule has 0 radical (unpaired) electrons. The summed E-state index contributed by atoms with van der Waals surface area (Å²) in [5.74, 6) is 5.43. The number of hydrazine groups is 2. The van der Waals surface area contributed by atoms with Crippen molar-refractivity contribution in [2.45, 2.75) is 37.8 Å². The average molecular weight is 1000 g/mol. The fraction of sp³-hybridized carbons (Fsp3) is 0.217. The van der Waals surface area contributed by atoms with Crippen LogP contribution in [0.2, 0.25) is 10.0 Å². The molecule has 16 nitrogen and oxygen atoms in total. The number of anilines is 4. The number of fused-ring (bicyclic) bond motifs is 4. The third kappa shape index (κ3) is 12.0. The molecule has 2 atom stereocenters. The minimum Gasteiger partial charge on any atom is -0.452 e. The maximum absolute atomic E-state index is 14.6. The maximum Gasteiger partial charge on any atom is 0.413 e. The number of nitrogens with two attached hydrogens (primary N) is 1. The molecule has 0 spiro atoms. The molecule has 4 aromatic heterocycles. The van der Waals surface area contributed by atoms with Gasteiger partial charge in [0.05, 0.1) is 65.6 Å². The molecule has 2 amide bonds. The summed E-state index contributed by atoms with van der Waals surface area (Å²) >= 11 is 22.6. The molecule has 68 heavy (non-hydrogen) atoms. The quantitative estimate of drug-likeness (QED) is 0.0483. The van der Waals surface area contributed by atoms with E-state index in [9.17, 15) is 18.4 Å². The van der Waals surface area contributed by atoms with Crippen molar-refractivity contribution in [3.05, 3.63) is 164 Å². The topological polar surface area (TPSA) is 197 Å². The summed E-state index contributed by atoms with van der Waals surface area (Å²) in [6, 6.07) is 16.8. The van der Waals surface area contributed by atoms with Gasteiger partial charge in [-0.25, -0.2) is 34.2 Å². The fourth-order valence-electron chi connectivity index (χ4n) is 7.51. The number of nitrogen functional groups attached to an aromatic ring is 1. The molecule has 2 unspecified atom stereocenters. The van der Waals surface area contributed by atoms with Crippen LogP contribution in [0.4, 0.5) is 41.4 Å². The Balaban J connectivity index is 0.000000188. The van der Waals surface area contributed by atoms with Gasteiger partial charge in [-0.3, -0.25) is 30.6 Å². The first-order chi connectivity index (χ1) is 32.8. The SMILES string of the molecule is COC(=O)N(C)c1cnc(NN)c(Cl)c1.COC(=O)N(C)c1cnc(NNC(=S)NC2c3cnccc3CCc3c(F)cccc32)c(Cl)c1.Fc1cccc2c1CCc1ccncc1C2NC=S. The molecule has 0 saturated heterocycles. The zero-order valence-electron chi connectivity index (χ0n) is 37.0. The smallest absolute Gasteiger partial charge is 0.413 e. The molecule has 2 aliphatic rings. The number of carbonyl (C=O) groups is 2. The standard InChI is InChI=1S/C23H22ClFN6O2S.C15H13FN2S.C8H11ClN4O2/c1-31(23(32)33-2)14-10-18(24)21(27-11-14)29-30-22(34)28-20-16-4-3-5-19(25)15(16)7-6-13-8-9-26-12-17(13)20;16-14-3-1-2-12-11(14)5-4-10-6-7-17-8-13(10)15(12)18-9-19;1-13(8(14)15-2)5-3-6(9)7(12-10)11-4-5/h3-5,8-12,20H,6-7H2,1-2H3,(H,27,29)(H2,28,30,34);1-3,6-9,15H,4-5H2,(H,18,19);3-4H,10H2,1-2H3,(H,11,12). The number of pyridine rings is 4. The Kier molecular flexibility index (Phi) is 17.7. The lowest BCUT2D eigenvalue weighted by molar-refractivity contribution is 0.179. The molecule has 4 heterocycles. The number of ether oxygens (including phenoxy) is 2. The molecular formula is C46H46Cl2F2N12O4S2. The Bertz CT molecular complexity index is 2800. The van der Waals surface area contributed by atoms with Crippen molar-refractivity contribution in [2.24, 2.45) is 5.84 Å². The van der Waals surface area contributed by atoms with E-state index in [4.69, 9.17) is 53.5 Å². The Labute approximate surface area is 411 Å². The van der Waals surface area contributed by atoms with Crippen LogP contribution < -0.4 is 42.6 Å². The lowest BCUT2D eigenvalue weighted by atomic mass is 9.96. The zero-order valence-corrected chi connectivity index (χ0v) is 40.2. The monoisotopic (exact) mass is 1000 g/mol. The van der Waals surface area contributed by atoms with E-state index in [1.54, 1.807) is 57.0 Å². The van der Waals surface area contributed by atoms with E-state index in [-0.39, 0.29) is 27.8 Å². The second-order valence-electron chi connectivity index (χ2n) is 14.9. The van der Waals surface area contributed by atoms with Gasteiger partial charge in [-0.2, -0.15) is 0 Å². The fourth-order valence-corrected chi connectivity index (χ4v) is 8.24. The Hall–Kier alpha value is -6.84. The van der Waals surface area contributed by atoms with Crippen molar-refractivity contribution in [2.75, 3.05) is 49.0 Å². The number of carbonyl (C=O) groups excluding carboxylic acids is 2. The van der Waals surface area contributed by atoms with Crippen LogP contribution in [0.1, 0.15) is 56.6 Å². The van der Waals surface area contributed by atoms with Crippen molar-refractivity contribution in [1.29, 1.82) is 0 Å². The Morgan fingerprint density at radius 2 is 1.22 bits per heavy atom. The molecule has 0 saturated carbocycles.